The number of hydrogen-bond acceptors (Lipinski definition) is 6. The van der Waals surface area contributed by atoms with Crippen molar-refractivity contribution in [1.29, 1.82) is 0 Å². The normalized spacial score (nSPS) is 15.1. The van der Waals surface area contributed by atoms with Crippen LogP contribution in [0.15, 0.2) is 37.1 Å². The standard InChI is InChI=1S/C20H25N9/c1-27-12-15(10-21-27)24-20-25-17-8-9-29(16-11-22-28(2)13-16)18(17)19(26-20)23-14-6-4-3-5-7-14/h8-14H,3-7H2,1-2H3,(H2,23,24,25,26). The monoisotopic (exact) mass is 391 g/mol. The predicted octanol–water partition coefficient (Wildman–Crippen LogP) is 3.38. The molecular weight excluding hydrogens is 366 g/mol. The molecule has 0 aliphatic heterocycles. The Morgan fingerprint density at radius 3 is 2.48 bits per heavy atom. The van der Waals surface area contributed by atoms with E-state index in [1.165, 1.54) is 32.1 Å². The number of fused-ring (bicyclic) bond motifs is 1. The van der Waals surface area contributed by atoms with Gasteiger partial charge in [-0.05, 0) is 18.9 Å². The van der Waals surface area contributed by atoms with Gasteiger partial charge >= 0.3 is 0 Å². The molecule has 0 radical (unpaired) electrons. The molecule has 1 aliphatic rings. The highest BCUT2D eigenvalue weighted by molar-refractivity contribution is 5.89. The minimum Gasteiger partial charge on any atom is -0.365 e. The molecule has 0 saturated heterocycles. The summed E-state index contributed by atoms with van der Waals surface area (Å²) in [4.78, 5) is 9.59. The Bertz CT molecular complexity index is 1130. The molecule has 4 heterocycles. The van der Waals surface area contributed by atoms with Crippen LogP contribution < -0.4 is 10.6 Å². The van der Waals surface area contributed by atoms with E-state index in [1.54, 1.807) is 15.6 Å². The van der Waals surface area contributed by atoms with Crippen molar-refractivity contribution in [2.24, 2.45) is 14.1 Å². The number of hydrogen-bond donors (Lipinski definition) is 2. The zero-order chi connectivity index (χ0) is 19.8. The Morgan fingerprint density at radius 1 is 0.966 bits per heavy atom. The fourth-order valence-electron chi connectivity index (χ4n) is 4.01. The second-order valence-electron chi connectivity index (χ2n) is 7.69. The highest BCUT2D eigenvalue weighted by Crippen LogP contribution is 2.30. The highest BCUT2D eigenvalue weighted by Gasteiger charge is 2.19. The van der Waals surface area contributed by atoms with Crippen molar-refractivity contribution in [1.82, 2.24) is 34.1 Å². The SMILES string of the molecule is Cn1cc(Nc2nc(NC3CCCCC3)c3c(ccn3-c3cnn(C)c3)n2)cn1. The highest BCUT2D eigenvalue weighted by atomic mass is 15.3. The van der Waals surface area contributed by atoms with E-state index in [4.69, 9.17) is 9.97 Å². The third-order valence-corrected chi connectivity index (χ3v) is 5.41. The van der Waals surface area contributed by atoms with Gasteiger partial charge in [0.2, 0.25) is 5.95 Å². The van der Waals surface area contributed by atoms with Gasteiger partial charge < -0.3 is 15.2 Å². The number of aromatic nitrogens is 7. The Labute approximate surface area is 168 Å². The van der Waals surface area contributed by atoms with Crippen LogP contribution in [0.5, 0.6) is 0 Å². The van der Waals surface area contributed by atoms with E-state index in [1.807, 2.05) is 44.9 Å². The molecular formula is C20H25N9. The minimum atomic E-state index is 0.436. The van der Waals surface area contributed by atoms with Crippen LogP contribution in [0.1, 0.15) is 32.1 Å². The van der Waals surface area contributed by atoms with E-state index >= 15 is 0 Å². The van der Waals surface area contributed by atoms with Gasteiger partial charge in [0.25, 0.3) is 0 Å². The summed E-state index contributed by atoms with van der Waals surface area (Å²) in [7, 11) is 3.81. The van der Waals surface area contributed by atoms with Gasteiger partial charge in [-0.1, -0.05) is 19.3 Å². The Morgan fingerprint density at radius 2 is 1.76 bits per heavy atom. The van der Waals surface area contributed by atoms with Gasteiger partial charge in [0.1, 0.15) is 5.52 Å². The minimum absolute atomic E-state index is 0.436. The molecule has 0 amide bonds. The fraction of sp³-hybridized carbons (Fsp3) is 0.400. The maximum atomic E-state index is 4.85. The quantitative estimate of drug-likeness (QED) is 0.542. The van der Waals surface area contributed by atoms with Crippen LogP contribution in [-0.4, -0.2) is 40.1 Å². The molecule has 1 saturated carbocycles. The number of rotatable bonds is 5. The zero-order valence-electron chi connectivity index (χ0n) is 16.7. The van der Waals surface area contributed by atoms with Crippen molar-refractivity contribution in [2.45, 2.75) is 38.1 Å². The van der Waals surface area contributed by atoms with E-state index in [0.29, 0.717) is 12.0 Å². The molecule has 150 valence electrons. The Hall–Kier alpha value is -3.36. The van der Waals surface area contributed by atoms with Crippen LogP contribution in [0.25, 0.3) is 16.7 Å². The van der Waals surface area contributed by atoms with Crippen LogP contribution in [0.2, 0.25) is 0 Å². The average Bonchev–Trinajstić information content (AvgIpc) is 3.43. The molecule has 0 aromatic carbocycles. The number of aryl methyl sites for hydroxylation is 2. The van der Waals surface area contributed by atoms with Gasteiger partial charge in [-0.25, -0.2) is 4.98 Å². The molecule has 9 heteroatoms. The summed E-state index contributed by atoms with van der Waals surface area (Å²) in [5.74, 6) is 1.41. The lowest BCUT2D eigenvalue weighted by atomic mass is 9.95. The van der Waals surface area contributed by atoms with Gasteiger partial charge in [0.05, 0.1) is 29.3 Å². The number of nitrogens with zero attached hydrogens (tertiary/aromatic N) is 7. The Balaban J connectivity index is 1.58. The first kappa shape index (κ1) is 17.7. The summed E-state index contributed by atoms with van der Waals surface area (Å²) in [6.45, 7) is 0. The van der Waals surface area contributed by atoms with Crippen LogP contribution >= 0.6 is 0 Å². The van der Waals surface area contributed by atoms with Crippen LogP contribution in [0, 0.1) is 0 Å². The van der Waals surface area contributed by atoms with Crippen molar-refractivity contribution in [2.75, 3.05) is 10.6 Å². The van der Waals surface area contributed by atoms with Crippen LogP contribution in [0.3, 0.4) is 0 Å². The van der Waals surface area contributed by atoms with Crippen LogP contribution in [-0.2, 0) is 14.1 Å². The van der Waals surface area contributed by atoms with Gasteiger partial charge in [0.15, 0.2) is 5.82 Å². The molecule has 4 aromatic rings. The van der Waals surface area contributed by atoms with Crippen molar-refractivity contribution >= 4 is 28.5 Å². The molecule has 0 unspecified atom stereocenters. The molecule has 29 heavy (non-hydrogen) atoms. The van der Waals surface area contributed by atoms with E-state index in [2.05, 4.69) is 25.4 Å². The first-order valence-corrected chi connectivity index (χ1v) is 10.1. The lowest BCUT2D eigenvalue weighted by Gasteiger charge is -2.24. The lowest BCUT2D eigenvalue weighted by Crippen LogP contribution is -2.23. The molecule has 0 atom stereocenters. The van der Waals surface area contributed by atoms with Crippen molar-refractivity contribution in [3.8, 4) is 5.69 Å². The first-order chi connectivity index (χ1) is 14.2. The average molecular weight is 391 g/mol. The maximum Gasteiger partial charge on any atom is 0.229 e. The second kappa shape index (κ2) is 7.23. The predicted molar refractivity (Wildman–Crippen MR) is 113 cm³/mol. The third kappa shape index (κ3) is 3.55. The summed E-state index contributed by atoms with van der Waals surface area (Å²) in [6.07, 6.45) is 15.7. The smallest absolute Gasteiger partial charge is 0.229 e. The summed E-state index contributed by atoms with van der Waals surface area (Å²) >= 11 is 0. The van der Waals surface area contributed by atoms with Gasteiger partial charge in [-0.2, -0.15) is 15.2 Å². The molecule has 0 spiro atoms. The first-order valence-electron chi connectivity index (χ1n) is 10.1. The van der Waals surface area contributed by atoms with Crippen molar-refractivity contribution < 1.29 is 0 Å². The van der Waals surface area contributed by atoms with Gasteiger partial charge in [-0.3, -0.25) is 9.36 Å². The van der Waals surface area contributed by atoms with Crippen LogP contribution in [0.4, 0.5) is 17.5 Å². The molecule has 4 aromatic heterocycles. The molecule has 5 rings (SSSR count). The fourth-order valence-corrected chi connectivity index (χ4v) is 4.01. The largest absolute Gasteiger partial charge is 0.365 e. The van der Waals surface area contributed by atoms with E-state index in [-0.39, 0.29) is 0 Å². The summed E-state index contributed by atoms with van der Waals surface area (Å²) < 4.78 is 5.65. The molecule has 1 aliphatic carbocycles. The molecule has 1 fully saturated rings. The van der Waals surface area contributed by atoms with E-state index < -0.39 is 0 Å². The third-order valence-electron chi connectivity index (χ3n) is 5.41. The van der Waals surface area contributed by atoms with E-state index in [0.717, 1.165) is 28.2 Å². The molecule has 9 nitrogen and oxygen atoms in total. The summed E-state index contributed by atoms with van der Waals surface area (Å²) in [6, 6.07) is 2.45. The Kier molecular flexibility index (Phi) is 4.42. The summed E-state index contributed by atoms with van der Waals surface area (Å²) in [5.41, 5.74) is 3.71. The van der Waals surface area contributed by atoms with Crippen molar-refractivity contribution in [3.05, 3.63) is 37.1 Å². The van der Waals surface area contributed by atoms with Crippen molar-refractivity contribution in [3.63, 3.8) is 0 Å². The zero-order valence-corrected chi connectivity index (χ0v) is 16.7. The molecule has 2 N–H and O–H groups in total. The summed E-state index contributed by atoms with van der Waals surface area (Å²) in [5, 5.41) is 15.5. The van der Waals surface area contributed by atoms with Gasteiger partial charge in [0, 0.05) is 38.7 Å². The number of anilines is 3. The van der Waals surface area contributed by atoms with Gasteiger partial charge in [-0.15, -0.1) is 0 Å². The second-order valence-corrected chi connectivity index (χ2v) is 7.69. The number of nitrogens with one attached hydrogen (secondary N) is 2. The lowest BCUT2D eigenvalue weighted by molar-refractivity contribution is 0.462. The van der Waals surface area contributed by atoms with E-state index in [9.17, 15) is 0 Å². The topological polar surface area (TPSA) is 90.4 Å². The molecule has 0 bridgehead atoms. The maximum absolute atomic E-state index is 4.85.